The summed E-state index contributed by atoms with van der Waals surface area (Å²) in [5.41, 5.74) is -0.325. The highest BCUT2D eigenvalue weighted by Gasteiger charge is 2.27. The third kappa shape index (κ3) is 4.94. The van der Waals surface area contributed by atoms with Crippen LogP contribution in [0.4, 0.5) is 14.5 Å². The zero-order valence-corrected chi connectivity index (χ0v) is 11.6. The van der Waals surface area contributed by atoms with E-state index in [0.29, 0.717) is 0 Å². The van der Waals surface area contributed by atoms with Crippen molar-refractivity contribution in [1.29, 1.82) is 0 Å². The van der Waals surface area contributed by atoms with Crippen LogP contribution in [0.3, 0.4) is 0 Å². The van der Waals surface area contributed by atoms with Crippen molar-refractivity contribution in [3.05, 3.63) is 29.8 Å². The maximum atomic E-state index is 13.4. The molecule has 0 heterocycles. The lowest BCUT2D eigenvalue weighted by atomic mass is 10.1. The summed E-state index contributed by atoms with van der Waals surface area (Å²) in [6.07, 6.45) is 0.883. The largest absolute Gasteiger partial charge is 0.465 e. The van der Waals surface area contributed by atoms with E-state index < -0.39 is 29.5 Å². The fourth-order valence-electron chi connectivity index (χ4n) is 1.42. The summed E-state index contributed by atoms with van der Waals surface area (Å²) in [4.78, 5) is 26.9. The second-order valence-corrected chi connectivity index (χ2v) is 3.86. The fraction of sp³-hybridized carbons (Fsp3) is 0.357. The van der Waals surface area contributed by atoms with Gasteiger partial charge in [-0.15, -0.1) is 0 Å². The molecule has 114 valence electrons. The molecule has 0 saturated carbocycles. The van der Waals surface area contributed by atoms with Gasteiger partial charge >= 0.3 is 11.9 Å². The second kappa shape index (κ2) is 8.08. The van der Waals surface area contributed by atoms with Crippen LogP contribution in [0.2, 0.25) is 0 Å². The van der Waals surface area contributed by atoms with E-state index in [1.165, 1.54) is 0 Å². The molecular weight excluding hydrogens is 284 g/mol. The first-order valence-electron chi connectivity index (χ1n) is 6.32. The minimum Gasteiger partial charge on any atom is -0.465 e. The molecule has 21 heavy (non-hydrogen) atoms. The van der Waals surface area contributed by atoms with E-state index in [1.54, 1.807) is 13.8 Å². The van der Waals surface area contributed by atoms with Gasteiger partial charge in [-0.05, 0) is 26.0 Å². The Bertz CT molecular complexity index is 528. The molecule has 0 fully saturated rings. The minimum absolute atomic E-state index is 0.0664. The number of nitrogens with zero attached hydrogens (tertiary/aromatic N) is 1. The Morgan fingerprint density at radius 2 is 1.76 bits per heavy atom. The highest BCUT2D eigenvalue weighted by atomic mass is 19.1. The average Bonchev–Trinajstić information content (AvgIpc) is 2.43. The van der Waals surface area contributed by atoms with Gasteiger partial charge in [0.2, 0.25) is 0 Å². The standard InChI is InChI=1S/C14H15F2NO4/c1-3-20-13(18)10(14(19)21-4-2)8-17-12-7-9(15)5-6-11(12)16/h5-8,10H,3-4H2,1-2H3. The predicted molar refractivity (Wildman–Crippen MR) is 71.3 cm³/mol. The highest BCUT2D eigenvalue weighted by molar-refractivity contribution is 6.09. The molecule has 0 N–H and O–H groups in total. The molecular formula is C14H15F2NO4. The number of aliphatic imine (C=N–C) groups is 1. The monoisotopic (exact) mass is 299 g/mol. The fourth-order valence-corrected chi connectivity index (χ4v) is 1.42. The van der Waals surface area contributed by atoms with Gasteiger partial charge < -0.3 is 9.47 Å². The molecule has 1 aromatic carbocycles. The summed E-state index contributed by atoms with van der Waals surface area (Å²) in [6, 6.07) is 2.67. The maximum Gasteiger partial charge on any atom is 0.325 e. The molecule has 0 amide bonds. The van der Waals surface area contributed by atoms with Gasteiger partial charge in [-0.25, -0.2) is 8.78 Å². The van der Waals surface area contributed by atoms with Crippen molar-refractivity contribution < 1.29 is 27.8 Å². The van der Waals surface area contributed by atoms with Crippen molar-refractivity contribution in [2.45, 2.75) is 13.8 Å². The summed E-state index contributed by atoms with van der Waals surface area (Å²) in [5, 5.41) is 0. The van der Waals surface area contributed by atoms with Crippen LogP contribution in [0.25, 0.3) is 0 Å². The van der Waals surface area contributed by atoms with Crippen molar-refractivity contribution in [3.63, 3.8) is 0 Å². The molecule has 0 aliphatic rings. The van der Waals surface area contributed by atoms with Gasteiger partial charge in [-0.3, -0.25) is 14.6 Å². The molecule has 0 aliphatic heterocycles. The Morgan fingerprint density at radius 3 is 2.29 bits per heavy atom. The summed E-state index contributed by atoms with van der Waals surface area (Å²) >= 11 is 0. The maximum absolute atomic E-state index is 13.4. The number of benzene rings is 1. The number of carbonyl (C=O) groups is 2. The minimum atomic E-state index is -1.42. The van der Waals surface area contributed by atoms with Gasteiger partial charge in [0, 0.05) is 12.3 Å². The summed E-state index contributed by atoms with van der Waals surface area (Å²) < 4.78 is 35.8. The Hall–Kier alpha value is -2.31. The zero-order chi connectivity index (χ0) is 15.8. The zero-order valence-electron chi connectivity index (χ0n) is 11.6. The van der Waals surface area contributed by atoms with Crippen LogP contribution in [0.15, 0.2) is 23.2 Å². The molecule has 5 nitrogen and oxygen atoms in total. The molecule has 0 unspecified atom stereocenters. The van der Waals surface area contributed by atoms with E-state index in [4.69, 9.17) is 9.47 Å². The molecule has 0 atom stereocenters. The Kier molecular flexibility index (Phi) is 6.45. The smallest absolute Gasteiger partial charge is 0.325 e. The van der Waals surface area contributed by atoms with Crippen molar-refractivity contribution in [2.75, 3.05) is 13.2 Å². The van der Waals surface area contributed by atoms with Gasteiger partial charge in [0.15, 0.2) is 5.92 Å². The van der Waals surface area contributed by atoms with Gasteiger partial charge in [0.05, 0.1) is 13.2 Å². The first-order chi connectivity index (χ1) is 9.99. The van der Waals surface area contributed by atoms with Crippen LogP contribution >= 0.6 is 0 Å². The number of ether oxygens (including phenoxy) is 2. The lowest BCUT2D eigenvalue weighted by Gasteiger charge is -2.10. The molecule has 0 radical (unpaired) electrons. The number of hydrogen-bond acceptors (Lipinski definition) is 5. The Balaban J connectivity index is 2.99. The summed E-state index contributed by atoms with van der Waals surface area (Å²) in [7, 11) is 0. The number of carbonyl (C=O) groups excluding carboxylic acids is 2. The summed E-state index contributed by atoms with van der Waals surface area (Å²) in [6.45, 7) is 3.28. The predicted octanol–water partition coefficient (Wildman–Crippen LogP) is 2.41. The van der Waals surface area contributed by atoms with Gasteiger partial charge in [0.1, 0.15) is 17.3 Å². The second-order valence-electron chi connectivity index (χ2n) is 3.86. The van der Waals surface area contributed by atoms with Crippen LogP contribution in [0, 0.1) is 17.6 Å². The van der Waals surface area contributed by atoms with Crippen LogP contribution < -0.4 is 0 Å². The van der Waals surface area contributed by atoms with Crippen molar-refractivity contribution in [2.24, 2.45) is 10.9 Å². The van der Waals surface area contributed by atoms with Gasteiger partial charge in [0.25, 0.3) is 0 Å². The molecule has 1 rings (SSSR count). The van der Waals surface area contributed by atoms with E-state index in [-0.39, 0.29) is 18.9 Å². The number of hydrogen-bond donors (Lipinski definition) is 0. The van der Waals surface area contributed by atoms with Gasteiger partial charge in [-0.1, -0.05) is 0 Å². The Morgan fingerprint density at radius 1 is 1.19 bits per heavy atom. The SMILES string of the molecule is CCOC(=O)C(C=Nc1cc(F)ccc1F)C(=O)OCC. The highest BCUT2D eigenvalue weighted by Crippen LogP contribution is 2.19. The average molecular weight is 299 g/mol. The first kappa shape index (κ1) is 16.7. The van der Waals surface area contributed by atoms with Crippen LogP contribution in [-0.2, 0) is 19.1 Å². The van der Waals surface area contributed by atoms with E-state index in [0.717, 1.165) is 24.4 Å². The summed E-state index contributed by atoms with van der Waals surface area (Å²) in [5.74, 6) is -4.62. The van der Waals surface area contributed by atoms with Gasteiger partial charge in [-0.2, -0.15) is 0 Å². The Labute approximate surface area is 120 Å². The quantitative estimate of drug-likeness (QED) is 0.459. The topological polar surface area (TPSA) is 65.0 Å². The third-order valence-electron chi connectivity index (χ3n) is 2.35. The van der Waals surface area contributed by atoms with Crippen molar-refractivity contribution >= 4 is 23.8 Å². The molecule has 0 bridgehead atoms. The van der Waals surface area contributed by atoms with E-state index in [2.05, 4.69) is 4.99 Å². The molecule has 1 aromatic rings. The van der Waals surface area contributed by atoms with Crippen molar-refractivity contribution in [3.8, 4) is 0 Å². The normalized spacial score (nSPS) is 10.9. The number of halogens is 2. The molecule has 0 aliphatic carbocycles. The lowest BCUT2D eigenvalue weighted by Crippen LogP contribution is -2.29. The van der Waals surface area contributed by atoms with Crippen LogP contribution in [0.1, 0.15) is 13.8 Å². The lowest BCUT2D eigenvalue weighted by molar-refractivity contribution is -0.157. The first-order valence-corrected chi connectivity index (χ1v) is 6.32. The van der Waals surface area contributed by atoms with E-state index in [1.807, 2.05) is 0 Å². The number of esters is 2. The molecule has 0 aromatic heterocycles. The molecule has 0 spiro atoms. The van der Waals surface area contributed by atoms with E-state index in [9.17, 15) is 18.4 Å². The number of rotatable bonds is 6. The van der Waals surface area contributed by atoms with Crippen LogP contribution in [0.5, 0.6) is 0 Å². The van der Waals surface area contributed by atoms with Crippen molar-refractivity contribution in [1.82, 2.24) is 0 Å². The molecule has 7 heteroatoms. The third-order valence-corrected chi connectivity index (χ3v) is 2.35. The van der Waals surface area contributed by atoms with E-state index >= 15 is 0 Å². The molecule has 0 saturated heterocycles. The van der Waals surface area contributed by atoms with Crippen LogP contribution in [-0.4, -0.2) is 31.4 Å².